The maximum Gasteiger partial charge on any atom is 0.228 e. The third-order valence-electron chi connectivity index (χ3n) is 3.93. The molecule has 0 radical (unpaired) electrons. The fraction of sp³-hybridized carbons (Fsp3) is 0.250. The second-order valence-electron chi connectivity index (χ2n) is 5.44. The van der Waals surface area contributed by atoms with Crippen LogP contribution in [0.1, 0.15) is 24.6 Å². The molecule has 0 saturated carbocycles. The average molecular weight is 320 g/mol. The Labute approximate surface area is 139 Å². The summed E-state index contributed by atoms with van der Waals surface area (Å²) >= 11 is 0. The lowest BCUT2D eigenvalue weighted by Gasteiger charge is -2.25. The predicted molar refractivity (Wildman–Crippen MR) is 88.7 cm³/mol. The van der Waals surface area contributed by atoms with E-state index in [1.807, 2.05) is 12.1 Å². The molecule has 1 aliphatic heterocycles. The number of nitrogens with zero attached hydrogens (tertiary/aromatic N) is 7. The third kappa shape index (κ3) is 2.98. The van der Waals surface area contributed by atoms with Gasteiger partial charge in [0, 0.05) is 31.3 Å². The standard InChI is InChI=1S/C16H16N8/c1-2-13(24(9-1)15-4-5-18-11-21-15)12-3-6-20-16(22-12)23-14-10-17-7-8-19-14/h3-8,10-11,13H,1-2,9H2,(H,19,20,22,23)/t13-/m0/s1. The molecule has 0 amide bonds. The van der Waals surface area contributed by atoms with E-state index in [-0.39, 0.29) is 6.04 Å². The van der Waals surface area contributed by atoms with Gasteiger partial charge in [0.05, 0.1) is 17.9 Å². The van der Waals surface area contributed by atoms with E-state index in [4.69, 9.17) is 0 Å². The first-order chi connectivity index (χ1) is 11.9. The summed E-state index contributed by atoms with van der Waals surface area (Å²) in [5, 5.41) is 3.08. The first-order valence-corrected chi connectivity index (χ1v) is 7.79. The Hall–Kier alpha value is -3.16. The molecule has 1 saturated heterocycles. The van der Waals surface area contributed by atoms with Crippen molar-refractivity contribution < 1.29 is 0 Å². The molecule has 3 aromatic rings. The molecule has 0 bridgehead atoms. The van der Waals surface area contributed by atoms with E-state index in [9.17, 15) is 0 Å². The van der Waals surface area contributed by atoms with Crippen molar-refractivity contribution in [2.24, 2.45) is 0 Å². The Bertz CT molecular complexity index is 795. The van der Waals surface area contributed by atoms with Gasteiger partial charge in [-0.25, -0.2) is 24.9 Å². The van der Waals surface area contributed by atoms with Gasteiger partial charge in [-0.15, -0.1) is 0 Å². The van der Waals surface area contributed by atoms with E-state index >= 15 is 0 Å². The van der Waals surface area contributed by atoms with Gasteiger partial charge in [-0.2, -0.15) is 0 Å². The van der Waals surface area contributed by atoms with Crippen LogP contribution in [-0.2, 0) is 0 Å². The normalized spacial score (nSPS) is 17.0. The number of hydrogen-bond acceptors (Lipinski definition) is 8. The van der Waals surface area contributed by atoms with Gasteiger partial charge in [0.15, 0.2) is 5.82 Å². The highest BCUT2D eigenvalue weighted by atomic mass is 15.2. The molecule has 3 aromatic heterocycles. The van der Waals surface area contributed by atoms with Crippen molar-refractivity contribution in [3.05, 3.63) is 55.1 Å². The fourth-order valence-corrected chi connectivity index (χ4v) is 2.90. The molecule has 120 valence electrons. The number of anilines is 3. The van der Waals surface area contributed by atoms with Crippen LogP contribution < -0.4 is 10.2 Å². The van der Waals surface area contributed by atoms with Crippen LogP contribution in [0.5, 0.6) is 0 Å². The molecule has 8 nitrogen and oxygen atoms in total. The zero-order valence-electron chi connectivity index (χ0n) is 12.9. The highest BCUT2D eigenvalue weighted by molar-refractivity contribution is 5.47. The molecule has 4 rings (SSSR count). The molecule has 0 aromatic carbocycles. The molecule has 4 heterocycles. The summed E-state index contributed by atoms with van der Waals surface area (Å²) in [5.74, 6) is 2.06. The highest BCUT2D eigenvalue weighted by Gasteiger charge is 2.28. The van der Waals surface area contributed by atoms with Crippen LogP contribution in [0.4, 0.5) is 17.6 Å². The van der Waals surface area contributed by atoms with E-state index in [1.54, 1.807) is 37.3 Å². The zero-order valence-corrected chi connectivity index (χ0v) is 12.9. The van der Waals surface area contributed by atoms with Gasteiger partial charge >= 0.3 is 0 Å². The van der Waals surface area contributed by atoms with Crippen molar-refractivity contribution in [2.45, 2.75) is 18.9 Å². The maximum absolute atomic E-state index is 4.65. The Morgan fingerprint density at radius 1 is 1.00 bits per heavy atom. The lowest BCUT2D eigenvalue weighted by molar-refractivity contribution is 0.685. The summed E-state index contributed by atoms with van der Waals surface area (Å²) in [7, 11) is 0. The SMILES string of the molecule is c1cc(N2CCC[C@H]2c2ccnc(Nc3cnccn3)n2)ncn1. The minimum absolute atomic E-state index is 0.185. The van der Waals surface area contributed by atoms with E-state index in [1.165, 1.54) is 0 Å². The Morgan fingerprint density at radius 3 is 2.83 bits per heavy atom. The first kappa shape index (κ1) is 14.4. The van der Waals surface area contributed by atoms with Gasteiger partial charge in [0.25, 0.3) is 0 Å². The monoisotopic (exact) mass is 320 g/mol. The Balaban J connectivity index is 1.58. The summed E-state index contributed by atoms with van der Waals surface area (Å²) in [4.78, 5) is 27.7. The molecule has 1 aliphatic rings. The topological polar surface area (TPSA) is 92.6 Å². The summed E-state index contributed by atoms with van der Waals surface area (Å²) < 4.78 is 0. The maximum atomic E-state index is 4.65. The summed E-state index contributed by atoms with van der Waals surface area (Å²) in [6, 6.07) is 4.06. The van der Waals surface area contributed by atoms with Crippen LogP contribution in [0.3, 0.4) is 0 Å². The molecule has 0 spiro atoms. The predicted octanol–water partition coefficient (Wildman–Crippen LogP) is 2.14. The van der Waals surface area contributed by atoms with Gasteiger partial charge in [0.2, 0.25) is 5.95 Å². The van der Waals surface area contributed by atoms with Gasteiger partial charge < -0.3 is 10.2 Å². The smallest absolute Gasteiger partial charge is 0.228 e. The van der Waals surface area contributed by atoms with Gasteiger partial charge in [-0.1, -0.05) is 0 Å². The Kier molecular flexibility index (Phi) is 3.93. The van der Waals surface area contributed by atoms with Gasteiger partial charge in [-0.05, 0) is 25.0 Å². The lowest BCUT2D eigenvalue weighted by Crippen LogP contribution is -2.24. The number of rotatable bonds is 4. The summed E-state index contributed by atoms with van der Waals surface area (Å²) in [6.07, 6.45) is 12.1. The van der Waals surface area contributed by atoms with E-state index in [0.717, 1.165) is 30.9 Å². The van der Waals surface area contributed by atoms with Crippen LogP contribution in [-0.4, -0.2) is 36.4 Å². The van der Waals surface area contributed by atoms with Crippen LogP contribution in [0.2, 0.25) is 0 Å². The Morgan fingerprint density at radius 2 is 2.00 bits per heavy atom. The third-order valence-corrected chi connectivity index (χ3v) is 3.93. The molecular formula is C16H16N8. The van der Waals surface area contributed by atoms with Crippen LogP contribution in [0.25, 0.3) is 0 Å². The molecular weight excluding hydrogens is 304 g/mol. The molecule has 1 fully saturated rings. The average Bonchev–Trinajstić information content (AvgIpc) is 3.13. The van der Waals surface area contributed by atoms with Gasteiger partial charge in [-0.3, -0.25) is 4.98 Å². The molecule has 1 N–H and O–H groups in total. The van der Waals surface area contributed by atoms with Crippen LogP contribution in [0.15, 0.2) is 49.4 Å². The van der Waals surface area contributed by atoms with Crippen molar-refractivity contribution >= 4 is 17.6 Å². The van der Waals surface area contributed by atoms with Crippen molar-refractivity contribution in [3.63, 3.8) is 0 Å². The number of nitrogens with one attached hydrogen (secondary N) is 1. The number of hydrogen-bond donors (Lipinski definition) is 1. The zero-order chi connectivity index (χ0) is 16.2. The highest BCUT2D eigenvalue weighted by Crippen LogP contribution is 2.34. The van der Waals surface area contributed by atoms with Crippen LogP contribution >= 0.6 is 0 Å². The van der Waals surface area contributed by atoms with E-state index < -0.39 is 0 Å². The fourth-order valence-electron chi connectivity index (χ4n) is 2.90. The summed E-state index contributed by atoms with van der Waals surface area (Å²) in [5.41, 5.74) is 0.965. The van der Waals surface area contributed by atoms with Crippen LogP contribution in [0, 0.1) is 0 Å². The quantitative estimate of drug-likeness (QED) is 0.781. The van der Waals surface area contributed by atoms with E-state index in [0.29, 0.717) is 11.8 Å². The molecule has 1 atom stereocenters. The first-order valence-electron chi connectivity index (χ1n) is 7.79. The second kappa shape index (κ2) is 6.53. The number of aromatic nitrogens is 6. The minimum Gasteiger partial charge on any atom is -0.348 e. The molecule has 0 unspecified atom stereocenters. The minimum atomic E-state index is 0.185. The molecule has 8 heteroatoms. The van der Waals surface area contributed by atoms with Crippen molar-refractivity contribution in [1.82, 2.24) is 29.9 Å². The van der Waals surface area contributed by atoms with Crippen molar-refractivity contribution in [2.75, 3.05) is 16.8 Å². The largest absolute Gasteiger partial charge is 0.348 e. The van der Waals surface area contributed by atoms with Gasteiger partial charge in [0.1, 0.15) is 12.1 Å². The molecule has 24 heavy (non-hydrogen) atoms. The summed E-state index contributed by atoms with van der Waals surface area (Å²) in [6.45, 7) is 0.957. The lowest BCUT2D eigenvalue weighted by atomic mass is 10.1. The van der Waals surface area contributed by atoms with Crippen molar-refractivity contribution in [3.8, 4) is 0 Å². The molecule has 0 aliphatic carbocycles. The van der Waals surface area contributed by atoms with Crippen molar-refractivity contribution in [1.29, 1.82) is 0 Å². The van der Waals surface area contributed by atoms with E-state index in [2.05, 4.69) is 40.1 Å². The second-order valence-corrected chi connectivity index (χ2v) is 5.44.